The van der Waals surface area contributed by atoms with Crippen LogP contribution in [0.2, 0.25) is 0 Å². The lowest BCUT2D eigenvalue weighted by Crippen LogP contribution is -2.15. The highest BCUT2D eigenvalue weighted by Gasteiger charge is 2.48. The van der Waals surface area contributed by atoms with Gasteiger partial charge in [-0.3, -0.25) is 0 Å². The highest BCUT2D eigenvalue weighted by molar-refractivity contribution is 5.54. The summed E-state index contributed by atoms with van der Waals surface area (Å²) in [7, 11) is 5.99. The van der Waals surface area contributed by atoms with Crippen LogP contribution in [-0.2, 0) is 9.47 Å². The number of phenols is 2. The van der Waals surface area contributed by atoms with E-state index >= 15 is 0 Å². The molecule has 2 N–H and O–H groups in total. The van der Waals surface area contributed by atoms with Crippen LogP contribution in [0.4, 0.5) is 0 Å². The van der Waals surface area contributed by atoms with Gasteiger partial charge in [0.05, 0.1) is 53.9 Å². The van der Waals surface area contributed by atoms with Crippen molar-refractivity contribution in [2.24, 2.45) is 11.8 Å². The monoisotopic (exact) mass is 418 g/mol. The lowest BCUT2D eigenvalue weighted by Gasteiger charge is -2.19. The molecule has 2 aliphatic rings. The number of ether oxygens (including phenoxy) is 6. The second-order valence-corrected chi connectivity index (χ2v) is 7.38. The molecule has 2 heterocycles. The van der Waals surface area contributed by atoms with E-state index in [1.807, 2.05) is 0 Å². The number of methoxy groups -OCH3 is 4. The zero-order valence-corrected chi connectivity index (χ0v) is 17.4. The molecule has 8 nitrogen and oxygen atoms in total. The molecule has 0 spiro atoms. The Kier molecular flexibility index (Phi) is 5.53. The van der Waals surface area contributed by atoms with Crippen molar-refractivity contribution >= 4 is 0 Å². The van der Waals surface area contributed by atoms with Crippen LogP contribution in [-0.4, -0.2) is 51.9 Å². The van der Waals surface area contributed by atoms with Crippen LogP contribution in [0.3, 0.4) is 0 Å². The van der Waals surface area contributed by atoms with Crippen molar-refractivity contribution < 1.29 is 38.6 Å². The number of phenolic OH excluding ortho intramolecular Hbond substituents is 2. The Labute approximate surface area is 174 Å². The fourth-order valence-electron chi connectivity index (χ4n) is 4.39. The van der Waals surface area contributed by atoms with Crippen molar-refractivity contribution in [3.8, 4) is 34.5 Å². The van der Waals surface area contributed by atoms with E-state index in [0.29, 0.717) is 36.2 Å². The van der Waals surface area contributed by atoms with E-state index in [9.17, 15) is 10.2 Å². The van der Waals surface area contributed by atoms with Crippen LogP contribution in [0.15, 0.2) is 24.3 Å². The molecule has 0 radical (unpaired) electrons. The number of hydrogen-bond acceptors (Lipinski definition) is 8. The van der Waals surface area contributed by atoms with E-state index in [1.54, 1.807) is 24.3 Å². The lowest BCUT2D eigenvalue weighted by molar-refractivity contribution is 0.0190. The fourth-order valence-corrected chi connectivity index (χ4v) is 4.39. The first kappa shape index (κ1) is 20.4. The average Bonchev–Trinajstić information content (AvgIpc) is 3.36. The number of aromatic hydroxyl groups is 2. The van der Waals surface area contributed by atoms with Gasteiger partial charge in [0.25, 0.3) is 0 Å². The van der Waals surface area contributed by atoms with Crippen LogP contribution in [0, 0.1) is 11.8 Å². The second-order valence-electron chi connectivity index (χ2n) is 7.38. The summed E-state index contributed by atoms with van der Waals surface area (Å²) in [5, 5.41) is 20.4. The second kappa shape index (κ2) is 8.12. The van der Waals surface area contributed by atoms with E-state index < -0.39 is 0 Å². The van der Waals surface area contributed by atoms with Crippen molar-refractivity contribution in [2.75, 3.05) is 41.7 Å². The predicted octanol–water partition coefficient (Wildman–Crippen LogP) is 3.21. The lowest BCUT2D eigenvalue weighted by atomic mass is 9.84. The van der Waals surface area contributed by atoms with E-state index in [-0.39, 0.29) is 35.5 Å². The van der Waals surface area contributed by atoms with Crippen molar-refractivity contribution in [3.05, 3.63) is 35.4 Å². The highest BCUT2D eigenvalue weighted by atomic mass is 16.5. The normalized spacial score (nSPS) is 25.1. The van der Waals surface area contributed by atoms with E-state index in [2.05, 4.69) is 0 Å². The van der Waals surface area contributed by atoms with Gasteiger partial charge in [-0.1, -0.05) is 0 Å². The third-order valence-corrected chi connectivity index (χ3v) is 5.93. The maximum Gasteiger partial charge on any atom is 0.200 e. The van der Waals surface area contributed by atoms with E-state index in [4.69, 9.17) is 28.4 Å². The number of benzene rings is 2. The molecule has 2 aromatic rings. The summed E-state index contributed by atoms with van der Waals surface area (Å²) in [4.78, 5) is 0. The van der Waals surface area contributed by atoms with Gasteiger partial charge >= 0.3 is 0 Å². The predicted molar refractivity (Wildman–Crippen MR) is 107 cm³/mol. The van der Waals surface area contributed by atoms with Crippen molar-refractivity contribution in [2.45, 2.75) is 12.2 Å². The Morgan fingerprint density at radius 2 is 0.933 bits per heavy atom. The minimum absolute atomic E-state index is 0.0397. The van der Waals surface area contributed by atoms with Gasteiger partial charge in [-0.2, -0.15) is 0 Å². The van der Waals surface area contributed by atoms with Gasteiger partial charge in [-0.25, -0.2) is 0 Å². The van der Waals surface area contributed by atoms with Crippen molar-refractivity contribution in [3.63, 3.8) is 0 Å². The van der Waals surface area contributed by atoms with Gasteiger partial charge in [-0.05, 0) is 35.4 Å². The minimum Gasteiger partial charge on any atom is -0.502 e. The molecule has 2 saturated heterocycles. The van der Waals surface area contributed by atoms with Crippen LogP contribution in [0.5, 0.6) is 34.5 Å². The first-order valence-electron chi connectivity index (χ1n) is 9.65. The zero-order valence-electron chi connectivity index (χ0n) is 17.4. The summed E-state index contributed by atoms with van der Waals surface area (Å²) >= 11 is 0. The summed E-state index contributed by atoms with van der Waals surface area (Å²) in [6.07, 6.45) is -0.436. The van der Waals surface area contributed by atoms with Crippen LogP contribution >= 0.6 is 0 Å². The van der Waals surface area contributed by atoms with Crippen molar-refractivity contribution in [1.82, 2.24) is 0 Å². The van der Waals surface area contributed by atoms with Crippen molar-refractivity contribution in [1.29, 1.82) is 0 Å². The Bertz CT molecular complexity index is 802. The molecule has 0 bridgehead atoms. The summed E-state index contributed by atoms with van der Waals surface area (Å²) in [6.45, 7) is 1.02. The Morgan fingerprint density at radius 1 is 0.633 bits per heavy atom. The first-order valence-corrected chi connectivity index (χ1v) is 9.65. The molecule has 162 valence electrons. The van der Waals surface area contributed by atoms with Gasteiger partial charge < -0.3 is 38.6 Å². The molecule has 4 rings (SSSR count). The molecule has 2 aromatic carbocycles. The smallest absolute Gasteiger partial charge is 0.200 e. The summed E-state index contributed by atoms with van der Waals surface area (Å²) < 4.78 is 33.4. The van der Waals surface area contributed by atoms with Gasteiger partial charge in [0.1, 0.15) is 0 Å². The van der Waals surface area contributed by atoms with Crippen LogP contribution in [0.1, 0.15) is 23.3 Å². The average molecular weight is 418 g/mol. The SMILES string of the molecule is COc1cc([C@H]2OC[C@H]3C2CO[C@@H]3c2cc(OC)c(O)c(OC)c2)cc(OC)c1O. The van der Waals surface area contributed by atoms with Gasteiger partial charge in [0.15, 0.2) is 23.0 Å². The number of fused-ring (bicyclic) bond motifs is 1. The molecule has 2 aliphatic heterocycles. The van der Waals surface area contributed by atoms with Crippen LogP contribution < -0.4 is 18.9 Å². The largest absolute Gasteiger partial charge is 0.502 e. The maximum atomic E-state index is 10.2. The topological polar surface area (TPSA) is 95.8 Å². The van der Waals surface area contributed by atoms with Crippen LogP contribution in [0.25, 0.3) is 0 Å². The molecule has 1 unspecified atom stereocenters. The fraction of sp³-hybridized carbons (Fsp3) is 0.455. The Balaban J connectivity index is 1.63. The molecule has 4 atom stereocenters. The zero-order chi connectivity index (χ0) is 21.4. The van der Waals surface area contributed by atoms with Gasteiger partial charge in [0, 0.05) is 11.8 Å². The third-order valence-electron chi connectivity index (χ3n) is 5.93. The molecule has 0 amide bonds. The third kappa shape index (κ3) is 3.26. The van der Waals surface area contributed by atoms with E-state index in [0.717, 1.165) is 11.1 Å². The molecule has 0 aliphatic carbocycles. The minimum atomic E-state index is -0.218. The Morgan fingerprint density at radius 3 is 1.20 bits per heavy atom. The standard InChI is InChI=1S/C22H26O8/c1-25-15-5-11(6-16(26-2)19(15)23)21-13-9-30-22(14(13)10-29-21)12-7-17(27-3)20(24)18(8-12)28-4/h5-8,13-14,21-24H,9-10H2,1-4H3/t13-,14?,21+,22+/m0/s1. The maximum absolute atomic E-state index is 10.2. The van der Waals surface area contributed by atoms with Gasteiger partial charge in [-0.15, -0.1) is 0 Å². The summed E-state index contributed by atoms with van der Waals surface area (Å²) in [5.41, 5.74) is 1.72. The molecular weight excluding hydrogens is 392 g/mol. The summed E-state index contributed by atoms with van der Waals surface area (Å²) in [6, 6.07) is 7.07. The molecule has 8 heteroatoms. The molecule has 0 saturated carbocycles. The Hall–Kier alpha value is -2.84. The molecule has 2 fully saturated rings. The number of hydrogen-bond donors (Lipinski definition) is 2. The first-order chi connectivity index (χ1) is 14.5. The van der Waals surface area contributed by atoms with Gasteiger partial charge in [0.2, 0.25) is 11.5 Å². The highest BCUT2D eigenvalue weighted by Crippen LogP contribution is 2.53. The molecular formula is C22H26O8. The van der Waals surface area contributed by atoms with E-state index in [1.165, 1.54) is 28.4 Å². The quantitative estimate of drug-likeness (QED) is 0.738. The molecule has 0 aromatic heterocycles. The number of rotatable bonds is 6. The molecule has 30 heavy (non-hydrogen) atoms. The summed E-state index contributed by atoms with van der Waals surface area (Å²) in [5.74, 6) is 1.48.